The van der Waals surface area contributed by atoms with E-state index in [1.807, 2.05) is 0 Å². The largest absolute Gasteiger partial charge is 0.504 e. The lowest BCUT2D eigenvalue weighted by atomic mass is 10.1. The number of phenolic OH excluding ortho intramolecular Hbond substituents is 2. The molecule has 0 heterocycles. The van der Waals surface area contributed by atoms with Crippen molar-refractivity contribution in [2.45, 2.75) is 12.8 Å². The standard InChI is InChI=1S/C13H17NO3/c1-3-4-5-9-14(2)13(17)10-7-6-8-11(15)12(10)16/h3,6-8,15-16H,1,4-5,9H2,2H3. The summed E-state index contributed by atoms with van der Waals surface area (Å²) < 4.78 is 0. The minimum absolute atomic E-state index is 0.117. The maximum Gasteiger partial charge on any atom is 0.257 e. The number of para-hydroxylation sites is 1. The normalized spacial score (nSPS) is 9.94. The number of hydrogen-bond donors (Lipinski definition) is 2. The predicted molar refractivity (Wildman–Crippen MR) is 66.2 cm³/mol. The zero-order chi connectivity index (χ0) is 12.8. The SMILES string of the molecule is C=CCCCN(C)C(=O)c1cccc(O)c1O. The van der Waals surface area contributed by atoms with Crippen molar-refractivity contribution in [1.82, 2.24) is 4.90 Å². The molecule has 0 aliphatic rings. The van der Waals surface area contributed by atoms with E-state index in [0.717, 1.165) is 12.8 Å². The molecule has 0 radical (unpaired) electrons. The summed E-state index contributed by atoms with van der Waals surface area (Å²) in [5, 5.41) is 18.9. The topological polar surface area (TPSA) is 60.8 Å². The first-order chi connectivity index (χ1) is 8.07. The van der Waals surface area contributed by atoms with Crippen molar-refractivity contribution < 1.29 is 15.0 Å². The van der Waals surface area contributed by atoms with E-state index in [2.05, 4.69) is 6.58 Å². The fraction of sp³-hybridized carbons (Fsp3) is 0.308. The van der Waals surface area contributed by atoms with Crippen LogP contribution in [0.5, 0.6) is 11.5 Å². The number of carbonyl (C=O) groups is 1. The first kappa shape index (κ1) is 13.1. The molecule has 4 heteroatoms. The highest BCUT2D eigenvalue weighted by Gasteiger charge is 2.17. The molecule has 0 saturated carbocycles. The van der Waals surface area contributed by atoms with E-state index < -0.39 is 0 Å². The monoisotopic (exact) mass is 235 g/mol. The molecule has 92 valence electrons. The molecule has 0 aliphatic carbocycles. The average Bonchev–Trinajstić information content (AvgIpc) is 2.32. The summed E-state index contributed by atoms with van der Waals surface area (Å²) >= 11 is 0. The lowest BCUT2D eigenvalue weighted by molar-refractivity contribution is 0.0790. The van der Waals surface area contributed by atoms with Crippen molar-refractivity contribution in [3.8, 4) is 11.5 Å². The molecule has 0 aliphatic heterocycles. The Labute approximate surface area is 101 Å². The van der Waals surface area contributed by atoms with Crippen LogP contribution in [-0.4, -0.2) is 34.6 Å². The Morgan fingerprint density at radius 2 is 2.18 bits per heavy atom. The number of unbranched alkanes of at least 4 members (excludes halogenated alkanes) is 1. The summed E-state index contributed by atoms with van der Waals surface area (Å²) in [6.45, 7) is 4.19. The van der Waals surface area contributed by atoms with Crippen molar-refractivity contribution in [1.29, 1.82) is 0 Å². The number of nitrogens with zero attached hydrogens (tertiary/aromatic N) is 1. The molecule has 0 bridgehead atoms. The molecular weight excluding hydrogens is 218 g/mol. The van der Waals surface area contributed by atoms with Gasteiger partial charge in [0.2, 0.25) is 0 Å². The van der Waals surface area contributed by atoms with Gasteiger partial charge in [-0.1, -0.05) is 12.1 Å². The molecule has 4 nitrogen and oxygen atoms in total. The zero-order valence-corrected chi connectivity index (χ0v) is 9.89. The van der Waals surface area contributed by atoms with Gasteiger partial charge in [0.1, 0.15) is 0 Å². The van der Waals surface area contributed by atoms with E-state index in [-0.39, 0.29) is 23.0 Å². The van der Waals surface area contributed by atoms with Crippen molar-refractivity contribution >= 4 is 5.91 Å². The van der Waals surface area contributed by atoms with E-state index in [0.29, 0.717) is 6.54 Å². The Balaban J connectivity index is 2.75. The highest BCUT2D eigenvalue weighted by atomic mass is 16.3. The van der Waals surface area contributed by atoms with E-state index >= 15 is 0 Å². The van der Waals surface area contributed by atoms with Crippen molar-refractivity contribution in [3.63, 3.8) is 0 Å². The van der Waals surface area contributed by atoms with Crippen LogP contribution in [0, 0.1) is 0 Å². The van der Waals surface area contributed by atoms with Gasteiger partial charge in [-0.3, -0.25) is 4.79 Å². The van der Waals surface area contributed by atoms with Crippen LogP contribution < -0.4 is 0 Å². The Hall–Kier alpha value is -1.97. The number of aromatic hydroxyl groups is 2. The number of phenols is 2. The van der Waals surface area contributed by atoms with Gasteiger partial charge in [0, 0.05) is 13.6 Å². The van der Waals surface area contributed by atoms with E-state index in [9.17, 15) is 15.0 Å². The first-order valence-electron chi connectivity index (χ1n) is 5.45. The molecule has 0 fully saturated rings. The third kappa shape index (κ3) is 3.24. The zero-order valence-electron chi connectivity index (χ0n) is 9.89. The smallest absolute Gasteiger partial charge is 0.257 e. The van der Waals surface area contributed by atoms with Crippen LogP contribution in [0.4, 0.5) is 0 Å². The van der Waals surface area contributed by atoms with Crippen LogP contribution in [0.1, 0.15) is 23.2 Å². The number of rotatable bonds is 5. The minimum atomic E-state index is -0.368. The van der Waals surface area contributed by atoms with Crippen LogP contribution in [0.3, 0.4) is 0 Å². The van der Waals surface area contributed by atoms with Gasteiger partial charge in [-0.2, -0.15) is 0 Å². The van der Waals surface area contributed by atoms with Gasteiger partial charge in [-0.15, -0.1) is 6.58 Å². The Bertz CT molecular complexity index is 415. The molecule has 0 spiro atoms. The van der Waals surface area contributed by atoms with Crippen LogP contribution in [0.2, 0.25) is 0 Å². The molecule has 0 unspecified atom stereocenters. The van der Waals surface area contributed by atoms with Crippen molar-refractivity contribution in [2.75, 3.05) is 13.6 Å². The van der Waals surface area contributed by atoms with Gasteiger partial charge in [-0.25, -0.2) is 0 Å². The number of amides is 1. The van der Waals surface area contributed by atoms with Gasteiger partial charge in [0.25, 0.3) is 5.91 Å². The fourth-order valence-electron chi connectivity index (χ4n) is 1.48. The molecule has 0 aromatic heterocycles. The van der Waals surface area contributed by atoms with E-state index in [4.69, 9.17) is 0 Å². The van der Waals surface area contributed by atoms with Crippen LogP contribution in [-0.2, 0) is 0 Å². The van der Waals surface area contributed by atoms with Gasteiger partial charge in [0.15, 0.2) is 11.5 Å². The molecule has 2 N–H and O–H groups in total. The number of hydrogen-bond acceptors (Lipinski definition) is 3. The Kier molecular flexibility index (Phi) is 4.57. The summed E-state index contributed by atoms with van der Waals surface area (Å²) in [6, 6.07) is 4.35. The maximum absolute atomic E-state index is 11.9. The van der Waals surface area contributed by atoms with Gasteiger partial charge in [-0.05, 0) is 25.0 Å². The summed E-state index contributed by atoms with van der Waals surface area (Å²) in [7, 11) is 1.66. The number of allylic oxidation sites excluding steroid dienone is 1. The third-order valence-corrected chi connectivity index (χ3v) is 2.49. The second-order valence-electron chi connectivity index (χ2n) is 3.83. The second-order valence-corrected chi connectivity index (χ2v) is 3.83. The molecule has 1 aromatic carbocycles. The lowest BCUT2D eigenvalue weighted by Gasteiger charge is -2.17. The highest BCUT2D eigenvalue weighted by Crippen LogP contribution is 2.28. The Morgan fingerprint density at radius 3 is 2.82 bits per heavy atom. The predicted octanol–water partition coefficient (Wildman–Crippen LogP) is 2.14. The lowest BCUT2D eigenvalue weighted by Crippen LogP contribution is -2.27. The minimum Gasteiger partial charge on any atom is -0.504 e. The third-order valence-electron chi connectivity index (χ3n) is 2.49. The molecule has 0 saturated heterocycles. The van der Waals surface area contributed by atoms with Gasteiger partial charge >= 0.3 is 0 Å². The summed E-state index contributed by atoms with van der Waals surface area (Å²) in [4.78, 5) is 13.5. The molecule has 1 amide bonds. The number of carbonyl (C=O) groups excluding carboxylic acids is 1. The summed E-state index contributed by atoms with van der Waals surface area (Å²) in [5.41, 5.74) is 0.117. The summed E-state index contributed by atoms with van der Waals surface area (Å²) in [6.07, 6.45) is 3.46. The highest BCUT2D eigenvalue weighted by molar-refractivity contribution is 5.97. The van der Waals surface area contributed by atoms with E-state index in [1.54, 1.807) is 13.1 Å². The molecule has 17 heavy (non-hydrogen) atoms. The van der Waals surface area contributed by atoms with Gasteiger partial charge < -0.3 is 15.1 Å². The van der Waals surface area contributed by atoms with Crippen LogP contribution >= 0.6 is 0 Å². The fourth-order valence-corrected chi connectivity index (χ4v) is 1.48. The van der Waals surface area contributed by atoms with Crippen molar-refractivity contribution in [3.05, 3.63) is 36.4 Å². The molecule has 1 aromatic rings. The average molecular weight is 235 g/mol. The first-order valence-corrected chi connectivity index (χ1v) is 5.45. The molecular formula is C13H17NO3. The number of benzene rings is 1. The summed E-state index contributed by atoms with van der Waals surface area (Å²) in [5.74, 6) is -0.953. The second kappa shape index (κ2) is 5.94. The van der Waals surface area contributed by atoms with Gasteiger partial charge in [0.05, 0.1) is 5.56 Å². The quantitative estimate of drug-likeness (QED) is 0.467. The molecule has 1 rings (SSSR count). The van der Waals surface area contributed by atoms with Crippen molar-refractivity contribution in [2.24, 2.45) is 0 Å². The molecule has 0 atom stereocenters. The van der Waals surface area contributed by atoms with Crippen LogP contribution in [0.15, 0.2) is 30.9 Å². The maximum atomic E-state index is 11.9. The van der Waals surface area contributed by atoms with E-state index in [1.165, 1.54) is 23.1 Å². The Morgan fingerprint density at radius 1 is 1.47 bits per heavy atom. The van der Waals surface area contributed by atoms with Crippen LogP contribution in [0.25, 0.3) is 0 Å².